The van der Waals surface area contributed by atoms with E-state index in [1.807, 2.05) is 28.7 Å². The molecule has 2 heterocycles. The van der Waals surface area contributed by atoms with Gasteiger partial charge < -0.3 is 15.2 Å². The normalized spacial score (nSPS) is 18.6. The van der Waals surface area contributed by atoms with Gasteiger partial charge >= 0.3 is 0 Å². The quantitative estimate of drug-likeness (QED) is 0.927. The molecule has 0 radical (unpaired) electrons. The molecular weight excluding hydrogens is 306 g/mol. The summed E-state index contributed by atoms with van der Waals surface area (Å²) < 4.78 is 2.95. The number of rotatable bonds is 3. The highest BCUT2D eigenvalue weighted by molar-refractivity contribution is 9.10. The molecule has 19 heavy (non-hydrogen) atoms. The SMILES string of the molecule is CCn1cc(Br)cc1C(=O)N1CCC(C(C)N)CC1. The number of amides is 1. The maximum absolute atomic E-state index is 12.5. The minimum absolute atomic E-state index is 0.135. The molecule has 0 bridgehead atoms. The average molecular weight is 328 g/mol. The molecular formula is C14H22BrN3O. The molecule has 106 valence electrons. The van der Waals surface area contributed by atoms with E-state index >= 15 is 0 Å². The van der Waals surface area contributed by atoms with Crippen molar-refractivity contribution in [3.8, 4) is 0 Å². The van der Waals surface area contributed by atoms with Crippen LogP contribution in [0.25, 0.3) is 0 Å². The molecule has 1 aromatic rings. The lowest BCUT2D eigenvalue weighted by Gasteiger charge is -2.33. The Morgan fingerprint density at radius 2 is 2.16 bits per heavy atom. The molecule has 5 heteroatoms. The molecule has 0 spiro atoms. The first-order valence-electron chi connectivity index (χ1n) is 6.93. The summed E-state index contributed by atoms with van der Waals surface area (Å²) in [6.45, 7) is 6.55. The molecule has 0 aliphatic carbocycles. The van der Waals surface area contributed by atoms with Gasteiger partial charge in [-0.15, -0.1) is 0 Å². The molecule has 0 saturated carbocycles. The first-order chi connectivity index (χ1) is 9.02. The first kappa shape index (κ1) is 14.6. The predicted molar refractivity (Wildman–Crippen MR) is 80.1 cm³/mol. The topological polar surface area (TPSA) is 51.3 Å². The smallest absolute Gasteiger partial charge is 0.270 e. The fourth-order valence-electron chi connectivity index (χ4n) is 2.71. The lowest BCUT2D eigenvalue weighted by Crippen LogP contribution is -2.43. The second kappa shape index (κ2) is 6.09. The summed E-state index contributed by atoms with van der Waals surface area (Å²) in [6, 6.07) is 2.13. The van der Waals surface area contributed by atoms with Crippen molar-refractivity contribution in [2.75, 3.05) is 13.1 Å². The van der Waals surface area contributed by atoms with Gasteiger partial charge in [-0.25, -0.2) is 0 Å². The number of hydrogen-bond donors (Lipinski definition) is 1. The third-order valence-corrected chi connectivity index (χ3v) is 4.43. The van der Waals surface area contributed by atoms with Crippen molar-refractivity contribution in [3.05, 3.63) is 22.4 Å². The molecule has 4 nitrogen and oxygen atoms in total. The highest BCUT2D eigenvalue weighted by Crippen LogP contribution is 2.22. The zero-order valence-electron chi connectivity index (χ0n) is 11.6. The number of likely N-dealkylation sites (tertiary alicyclic amines) is 1. The molecule has 1 amide bonds. The van der Waals surface area contributed by atoms with E-state index < -0.39 is 0 Å². The standard InChI is InChI=1S/C14H22BrN3O/c1-3-17-9-12(15)8-13(17)14(19)18-6-4-11(5-7-18)10(2)16/h8-11H,3-7,16H2,1-2H3. The van der Waals surface area contributed by atoms with Gasteiger partial charge in [0.25, 0.3) is 5.91 Å². The van der Waals surface area contributed by atoms with Crippen molar-refractivity contribution in [1.82, 2.24) is 9.47 Å². The van der Waals surface area contributed by atoms with Crippen LogP contribution >= 0.6 is 15.9 Å². The zero-order valence-corrected chi connectivity index (χ0v) is 13.2. The molecule has 1 fully saturated rings. The van der Waals surface area contributed by atoms with Gasteiger partial charge in [-0.2, -0.15) is 0 Å². The van der Waals surface area contributed by atoms with Crippen LogP contribution in [0, 0.1) is 5.92 Å². The number of carbonyl (C=O) groups excluding carboxylic acids is 1. The highest BCUT2D eigenvalue weighted by atomic mass is 79.9. The number of nitrogens with zero attached hydrogens (tertiary/aromatic N) is 2. The first-order valence-corrected chi connectivity index (χ1v) is 7.72. The maximum Gasteiger partial charge on any atom is 0.270 e. The van der Waals surface area contributed by atoms with Crippen molar-refractivity contribution < 1.29 is 4.79 Å². The Morgan fingerprint density at radius 3 is 2.68 bits per heavy atom. The Hall–Kier alpha value is -0.810. The number of hydrogen-bond acceptors (Lipinski definition) is 2. The number of piperidine rings is 1. The van der Waals surface area contributed by atoms with Crippen LogP contribution < -0.4 is 5.73 Å². The third-order valence-electron chi connectivity index (χ3n) is 3.99. The van der Waals surface area contributed by atoms with Crippen LogP contribution in [0.1, 0.15) is 37.2 Å². The monoisotopic (exact) mass is 327 g/mol. The predicted octanol–water partition coefficient (Wildman–Crippen LogP) is 2.47. The van der Waals surface area contributed by atoms with E-state index in [9.17, 15) is 4.79 Å². The number of halogens is 1. The minimum atomic E-state index is 0.135. The molecule has 2 N–H and O–H groups in total. The second-order valence-electron chi connectivity index (χ2n) is 5.32. The molecule has 1 saturated heterocycles. The van der Waals surface area contributed by atoms with Gasteiger partial charge in [0.15, 0.2) is 0 Å². The summed E-state index contributed by atoms with van der Waals surface area (Å²) in [5.41, 5.74) is 6.71. The Kier molecular flexibility index (Phi) is 4.68. The van der Waals surface area contributed by atoms with Gasteiger partial charge in [0, 0.05) is 36.3 Å². The van der Waals surface area contributed by atoms with E-state index in [2.05, 4.69) is 22.9 Å². The Balaban J connectivity index is 2.05. The summed E-state index contributed by atoms with van der Waals surface area (Å²) in [5, 5.41) is 0. The summed E-state index contributed by atoms with van der Waals surface area (Å²) in [6.07, 6.45) is 3.98. The van der Waals surface area contributed by atoms with E-state index in [0.717, 1.165) is 42.6 Å². The number of carbonyl (C=O) groups is 1. The van der Waals surface area contributed by atoms with E-state index in [0.29, 0.717) is 5.92 Å². The lowest BCUT2D eigenvalue weighted by atomic mass is 9.91. The van der Waals surface area contributed by atoms with Crippen LogP contribution in [0.4, 0.5) is 0 Å². The lowest BCUT2D eigenvalue weighted by molar-refractivity contribution is 0.0670. The Morgan fingerprint density at radius 1 is 1.53 bits per heavy atom. The molecule has 1 unspecified atom stereocenters. The summed E-state index contributed by atoms with van der Waals surface area (Å²) in [4.78, 5) is 14.5. The van der Waals surface area contributed by atoms with E-state index in [1.54, 1.807) is 0 Å². The van der Waals surface area contributed by atoms with Crippen LogP contribution in [-0.2, 0) is 6.54 Å². The molecule has 1 atom stereocenters. The van der Waals surface area contributed by atoms with E-state index in [4.69, 9.17) is 5.73 Å². The van der Waals surface area contributed by atoms with Crippen molar-refractivity contribution in [1.29, 1.82) is 0 Å². The van der Waals surface area contributed by atoms with E-state index in [-0.39, 0.29) is 11.9 Å². The van der Waals surface area contributed by atoms with Crippen LogP contribution in [0.5, 0.6) is 0 Å². The van der Waals surface area contributed by atoms with Crippen LogP contribution in [0.2, 0.25) is 0 Å². The molecule has 1 aromatic heterocycles. The molecule has 2 rings (SSSR count). The van der Waals surface area contributed by atoms with Gasteiger partial charge in [0.2, 0.25) is 0 Å². The van der Waals surface area contributed by atoms with Crippen LogP contribution in [0.3, 0.4) is 0 Å². The van der Waals surface area contributed by atoms with Gasteiger partial charge in [0.1, 0.15) is 5.69 Å². The number of aromatic nitrogens is 1. The Labute approximate surface area is 123 Å². The average Bonchev–Trinajstić information content (AvgIpc) is 2.79. The van der Waals surface area contributed by atoms with Crippen molar-refractivity contribution in [2.24, 2.45) is 11.7 Å². The summed E-state index contributed by atoms with van der Waals surface area (Å²) in [7, 11) is 0. The Bertz CT molecular complexity index is 448. The van der Waals surface area contributed by atoms with Crippen LogP contribution in [-0.4, -0.2) is 34.5 Å². The fourth-order valence-corrected chi connectivity index (χ4v) is 3.17. The van der Waals surface area contributed by atoms with Crippen molar-refractivity contribution in [3.63, 3.8) is 0 Å². The molecule has 1 aliphatic heterocycles. The van der Waals surface area contributed by atoms with Gasteiger partial charge in [-0.05, 0) is 54.6 Å². The zero-order chi connectivity index (χ0) is 14.0. The third kappa shape index (κ3) is 3.20. The summed E-state index contributed by atoms with van der Waals surface area (Å²) >= 11 is 3.44. The minimum Gasteiger partial charge on any atom is -0.343 e. The van der Waals surface area contributed by atoms with Crippen LogP contribution in [0.15, 0.2) is 16.7 Å². The molecule has 1 aliphatic rings. The largest absolute Gasteiger partial charge is 0.343 e. The highest BCUT2D eigenvalue weighted by Gasteiger charge is 2.26. The fraction of sp³-hybridized carbons (Fsp3) is 0.643. The number of aryl methyl sites for hydroxylation is 1. The number of nitrogens with two attached hydrogens (primary N) is 1. The second-order valence-corrected chi connectivity index (χ2v) is 6.23. The van der Waals surface area contributed by atoms with E-state index in [1.165, 1.54) is 0 Å². The van der Waals surface area contributed by atoms with Crippen molar-refractivity contribution >= 4 is 21.8 Å². The van der Waals surface area contributed by atoms with Gasteiger partial charge in [-0.3, -0.25) is 4.79 Å². The maximum atomic E-state index is 12.5. The van der Waals surface area contributed by atoms with Crippen molar-refractivity contribution in [2.45, 2.75) is 39.3 Å². The molecule has 0 aromatic carbocycles. The van der Waals surface area contributed by atoms with Gasteiger partial charge in [0.05, 0.1) is 0 Å². The summed E-state index contributed by atoms with van der Waals surface area (Å²) in [5.74, 6) is 0.685. The van der Waals surface area contributed by atoms with Gasteiger partial charge in [-0.1, -0.05) is 0 Å².